The van der Waals surface area contributed by atoms with E-state index in [1.54, 1.807) is 6.07 Å². The molecule has 2 aromatic rings. The predicted octanol–water partition coefficient (Wildman–Crippen LogP) is 9.18. The van der Waals surface area contributed by atoms with E-state index in [1.165, 1.54) is 31.8 Å². The molecular formula is C28H33F3. The fourth-order valence-corrected chi connectivity index (χ4v) is 4.35. The van der Waals surface area contributed by atoms with Gasteiger partial charge in [-0.1, -0.05) is 113 Å². The van der Waals surface area contributed by atoms with Crippen LogP contribution in [0.3, 0.4) is 0 Å². The molecule has 0 nitrogen and oxygen atoms in total. The molecule has 0 spiro atoms. The van der Waals surface area contributed by atoms with Gasteiger partial charge < -0.3 is 0 Å². The van der Waals surface area contributed by atoms with Crippen molar-refractivity contribution < 1.29 is 13.2 Å². The minimum Gasteiger partial charge on any atom is -0.238 e. The molecular weight excluding hydrogens is 393 g/mol. The Hall–Kier alpha value is -2.29. The summed E-state index contributed by atoms with van der Waals surface area (Å²) >= 11 is 0. The van der Waals surface area contributed by atoms with Gasteiger partial charge in [-0.2, -0.15) is 0 Å². The second-order valence-electron chi connectivity index (χ2n) is 8.50. The maximum absolute atomic E-state index is 15.6. The predicted molar refractivity (Wildman–Crippen MR) is 125 cm³/mol. The Bertz CT molecular complexity index is 884. The summed E-state index contributed by atoms with van der Waals surface area (Å²) in [5.74, 6) is -0.996. The van der Waals surface area contributed by atoms with Gasteiger partial charge in [-0.05, 0) is 41.2 Å². The Morgan fingerprint density at radius 1 is 0.742 bits per heavy atom. The van der Waals surface area contributed by atoms with Crippen molar-refractivity contribution in [3.63, 3.8) is 0 Å². The minimum absolute atomic E-state index is 0.129. The van der Waals surface area contributed by atoms with Gasteiger partial charge in [-0.15, -0.1) is 0 Å². The minimum atomic E-state index is -2.59. The SMILES string of the molecule is CCCCCCCCCCC1(F)C(F)=CC=C(c2ccccc2-c2ccccc2)C1F. The molecule has 0 amide bonds. The fraction of sp³-hybridized carbons (Fsp3) is 0.429. The lowest BCUT2D eigenvalue weighted by atomic mass is 9.80. The summed E-state index contributed by atoms with van der Waals surface area (Å²) in [4.78, 5) is 0. The number of hydrogen-bond acceptors (Lipinski definition) is 0. The molecule has 166 valence electrons. The molecule has 0 aliphatic heterocycles. The molecule has 2 atom stereocenters. The van der Waals surface area contributed by atoms with Gasteiger partial charge in [0.2, 0.25) is 0 Å². The van der Waals surface area contributed by atoms with Crippen molar-refractivity contribution in [2.45, 2.75) is 76.6 Å². The van der Waals surface area contributed by atoms with Crippen LogP contribution in [0.4, 0.5) is 13.2 Å². The largest absolute Gasteiger partial charge is 0.238 e. The number of rotatable bonds is 11. The second-order valence-corrected chi connectivity index (χ2v) is 8.50. The molecule has 31 heavy (non-hydrogen) atoms. The number of unbranched alkanes of at least 4 members (excludes halogenated alkanes) is 7. The molecule has 0 heterocycles. The van der Waals surface area contributed by atoms with Crippen LogP contribution in [0.15, 0.2) is 72.6 Å². The van der Waals surface area contributed by atoms with Crippen molar-refractivity contribution in [2.75, 3.05) is 0 Å². The Morgan fingerprint density at radius 2 is 1.32 bits per heavy atom. The monoisotopic (exact) mass is 426 g/mol. The van der Waals surface area contributed by atoms with Crippen LogP contribution in [0.1, 0.15) is 70.3 Å². The van der Waals surface area contributed by atoms with E-state index < -0.39 is 17.7 Å². The molecule has 3 heteroatoms. The zero-order chi connectivity index (χ0) is 22.1. The zero-order valence-corrected chi connectivity index (χ0v) is 18.4. The Labute approximate surface area is 184 Å². The number of halogens is 3. The smallest absolute Gasteiger partial charge is 0.197 e. The van der Waals surface area contributed by atoms with Crippen molar-refractivity contribution >= 4 is 5.57 Å². The lowest BCUT2D eigenvalue weighted by Crippen LogP contribution is -2.38. The third kappa shape index (κ3) is 5.70. The third-order valence-corrected chi connectivity index (χ3v) is 6.20. The van der Waals surface area contributed by atoms with Crippen molar-refractivity contribution in [2.24, 2.45) is 0 Å². The van der Waals surface area contributed by atoms with Crippen LogP contribution in [-0.4, -0.2) is 11.8 Å². The van der Waals surface area contributed by atoms with E-state index in [-0.39, 0.29) is 12.0 Å². The van der Waals surface area contributed by atoms with Gasteiger partial charge in [0.05, 0.1) is 0 Å². The highest BCUT2D eigenvalue weighted by molar-refractivity contribution is 5.85. The average Bonchev–Trinajstić information content (AvgIpc) is 2.80. The van der Waals surface area contributed by atoms with E-state index in [4.69, 9.17) is 0 Å². The highest BCUT2D eigenvalue weighted by atomic mass is 19.2. The summed E-state index contributed by atoms with van der Waals surface area (Å²) in [7, 11) is 0. The summed E-state index contributed by atoms with van der Waals surface area (Å²) < 4.78 is 45.7. The first-order chi connectivity index (χ1) is 15.1. The molecule has 1 aliphatic rings. The van der Waals surface area contributed by atoms with Crippen molar-refractivity contribution in [3.8, 4) is 11.1 Å². The molecule has 0 radical (unpaired) electrons. The molecule has 3 rings (SSSR count). The Morgan fingerprint density at radius 3 is 2.00 bits per heavy atom. The quantitative estimate of drug-likeness (QED) is 0.314. The summed E-state index contributed by atoms with van der Waals surface area (Å²) in [6.45, 7) is 2.18. The fourth-order valence-electron chi connectivity index (χ4n) is 4.35. The second kappa shape index (κ2) is 11.4. The molecule has 2 aromatic carbocycles. The first kappa shape index (κ1) is 23.4. The van der Waals surface area contributed by atoms with Crippen LogP contribution in [0.5, 0.6) is 0 Å². The maximum Gasteiger partial charge on any atom is 0.197 e. The molecule has 0 saturated carbocycles. The van der Waals surface area contributed by atoms with Gasteiger partial charge in [0.1, 0.15) is 5.83 Å². The van der Waals surface area contributed by atoms with Crippen LogP contribution in [0, 0.1) is 0 Å². The molecule has 1 aliphatic carbocycles. The number of alkyl halides is 2. The van der Waals surface area contributed by atoms with Crippen LogP contribution in [0.2, 0.25) is 0 Å². The number of hydrogen-bond donors (Lipinski definition) is 0. The maximum atomic E-state index is 15.6. The van der Waals surface area contributed by atoms with E-state index in [0.29, 0.717) is 12.0 Å². The van der Waals surface area contributed by atoms with Crippen LogP contribution >= 0.6 is 0 Å². The van der Waals surface area contributed by atoms with Gasteiger partial charge in [0.25, 0.3) is 0 Å². The van der Waals surface area contributed by atoms with Gasteiger partial charge in [-0.3, -0.25) is 0 Å². The van der Waals surface area contributed by atoms with Crippen LogP contribution in [0.25, 0.3) is 16.7 Å². The molecule has 2 unspecified atom stereocenters. The van der Waals surface area contributed by atoms with Crippen LogP contribution < -0.4 is 0 Å². The topological polar surface area (TPSA) is 0 Å². The van der Waals surface area contributed by atoms with E-state index in [1.807, 2.05) is 48.5 Å². The first-order valence-electron chi connectivity index (χ1n) is 11.6. The summed E-state index contributed by atoms with van der Waals surface area (Å²) in [5, 5.41) is 0. The van der Waals surface area contributed by atoms with Crippen molar-refractivity contribution in [1.82, 2.24) is 0 Å². The zero-order valence-electron chi connectivity index (χ0n) is 18.4. The Kier molecular flexibility index (Phi) is 8.57. The van der Waals surface area contributed by atoms with Gasteiger partial charge in [0, 0.05) is 0 Å². The highest BCUT2D eigenvalue weighted by Crippen LogP contribution is 2.45. The van der Waals surface area contributed by atoms with E-state index >= 15 is 8.78 Å². The molecule has 0 saturated heterocycles. The average molecular weight is 427 g/mol. The molecule has 0 fully saturated rings. The first-order valence-corrected chi connectivity index (χ1v) is 11.6. The lowest BCUT2D eigenvalue weighted by molar-refractivity contribution is 0.0808. The van der Waals surface area contributed by atoms with E-state index in [0.717, 1.165) is 36.5 Å². The molecule has 0 bridgehead atoms. The van der Waals surface area contributed by atoms with E-state index in [2.05, 4.69) is 6.92 Å². The number of benzene rings is 2. The van der Waals surface area contributed by atoms with Gasteiger partial charge in [0.15, 0.2) is 11.8 Å². The van der Waals surface area contributed by atoms with E-state index in [9.17, 15) is 4.39 Å². The number of allylic oxidation sites excluding steroid dienone is 4. The normalized spacial score (nSPS) is 21.0. The lowest BCUT2D eigenvalue weighted by Gasteiger charge is -2.32. The van der Waals surface area contributed by atoms with Gasteiger partial charge in [-0.25, -0.2) is 13.2 Å². The summed E-state index contributed by atoms with van der Waals surface area (Å²) in [5.41, 5.74) is -0.0162. The highest BCUT2D eigenvalue weighted by Gasteiger charge is 2.47. The van der Waals surface area contributed by atoms with Crippen molar-refractivity contribution in [1.29, 1.82) is 0 Å². The molecule has 0 aromatic heterocycles. The van der Waals surface area contributed by atoms with Crippen LogP contribution in [-0.2, 0) is 0 Å². The van der Waals surface area contributed by atoms with Gasteiger partial charge >= 0.3 is 0 Å². The Balaban J connectivity index is 1.70. The van der Waals surface area contributed by atoms with Crippen molar-refractivity contribution in [3.05, 3.63) is 78.1 Å². The molecule has 0 N–H and O–H groups in total. The standard InChI is InChI=1S/C28H33F3/c1-2-3-4-5-6-7-8-14-21-28(31)26(29)20-19-25(27(28)30)24-18-13-12-17-23(24)22-15-10-9-11-16-22/h9-13,15-20,27H,2-8,14,21H2,1H3. The summed E-state index contributed by atoms with van der Waals surface area (Å²) in [6, 6.07) is 17.0. The third-order valence-electron chi connectivity index (χ3n) is 6.20. The summed E-state index contributed by atoms with van der Waals surface area (Å²) in [6.07, 6.45) is 8.59.